The first-order valence-corrected chi connectivity index (χ1v) is 4.46. The fraction of sp³-hybridized carbons (Fsp3) is 0.273. The van der Waals surface area contributed by atoms with Crippen molar-refractivity contribution in [1.29, 1.82) is 0 Å². The number of hydrogen-bond acceptors (Lipinski definition) is 3. The van der Waals surface area contributed by atoms with Gasteiger partial charge in [0.2, 0.25) is 0 Å². The molecule has 0 aromatic heterocycles. The molecule has 15 heavy (non-hydrogen) atoms. The largest absolute Gasteiger partial charge is 0.454 e. The van der Waals surface area contributed by atoms with E-state index in [0.717, 1.165) is 0 Å². The van der Waals surface area contributed by atoms with Crippen molar-refractivity contribution in [3.05, 3.63) is 38.0 Å². The first-order valence-electron chi connectivity index (χ1n) is 4.46. The molecule has 0 aliphatic rings. The SMILES string of the molecule is C=CCOC(=O)C(=O)N(CC=C)CC=C. The normalized spacial score (nSPS) is 8.80. The molecule has 0 heterocycles. The molecule has 0 aromatic rings. The van der Waals surface area contributed by atoms with Gasteiger partial charge in [-0.25, -0.2) is 4.79 Å². The summed E-state index contributed by atoms with van der Waals surface area (Å²) in [6, 6.07) is 0. The summed E-state index contributed by atoms with van der Waals surface area (Å²) in [6.45, 7) is 11.0. The molecule has 0 saturated heterocycles. The van der Waals surface area contributed by atoms with Crippen molar-refractivity contribution in [3.8, 4) is 0 Å². The van der Waals surface area contributed by atoms with Crippen LogP contribution in [0.1, 0.15) is 0 Å². The Bertz CT molecular complexity index is 261. The standard InChI is InChI=1S/C11H15NO3/c1-4-7-12(8-5-2)10(13)11(14)15-9-6-3/h4-6H,1-3,7-9H2. The molecular formula is C11H15NO3. The van der Waals surface area contributed by atoms with E-state index in [-0.39, 0.29) is 19.7 Å². The van der Waals surface area contributed by atoms with E-state index >= 15 is 0 Å². The van der Waals surface area contributed by atoms with E-state index in [1.807, 2.05) is 0 Å². The highest BCUT2D eigenvalue weighted by atomic mass is 16.5. The number of rotatable bonds is 6. The Balaban J connectivity index is 4.33. The molecule has 0 aliphatic carbocycles. The highest BCUT2D eigenvalue weighted by molar-refractivity contribution is 6.32. The zero-order valence-corrected chi connectivity index (χ0v) is 8.65. The van der Waals surface area contributed by atoms with Crippen LogP contribution in [0.2, 0.25) is 0 Å². The van der Waals surface area contributed by atoms with E-state index in [4.69, 9.17) is 0 Å². The van der Waals surface area contributed by atoms with Crippen molar-refractivity contribution in [2.75, 3.05) is 19.7 Å². The van der Waals surface area contributed by atoms with Crippen molar-refractivity contribution in [2.45, 2.75) is 0 Å². The van der Waals surface area contributed by atoms with E-state index in [1.165, 1.54) is 23.1 Å². The van der Waals surface area contributed by atoms with E-state index in [2.05, 4.69) is 24.5 Å². The molecule has 0 N–H and O–H groups in total. The summed E-state index contributed by atoms with van der Waals surface area (Å²) >= 11 is 0. The van der Waals surface area contributed by atoms with Gasteiger partial charge in [-0.1, -0.05) is 24.8 Å². The average molecular weight is 209 g/mol. The van der Waals surface area contributed by atoms with Crippen LogP contribution in [0.5, 0.6) is 0 Å². The number of carbonyl (C=O) groups is 2. The maximum absolute atomic E-state index is 11.5. The minimum Gasteiger partial charge on any atom is -0.454 e. The Morgan fingerprint density at radius 2 is 1.60 bits per heavy atom. The van der Waals surface area contributed by atoms with Gasteiger partial charge in [-0.05, 0) is 0 Å². The van der Waals surface area contributed by atoms with Gasteiger partial charge in [-0.2, -0.15) is 0 Å². The number of amides is 1. The third kappa shape index (κ3) is 4.81. The van der Waals surface area contributed by atoms with Crippen LogP contribution >= 0.6 is 0 Å². The van der Waals surface area contributed by atoms with E-state index in [0.29, 0.717) is 0 Å². The van der Waals surface area contributed by atoms with Crippen LogP contribution in [0.25, 0.3) is 0 Å². The number of carbonyl (C=O) groups excluding carboxylic acids is 2. The monoisotopic (exact) mass is 209 g/mol. The fourth-order valence-electron chi connectivity index (χ4n) is 0.877. The van der Waals surface area contributed by atoms with Gasteiger partial charge in [0.05, 0.1) is 0 Å². The molecule has 0 aliphatic heterocycles. The lowest BCUT2D eigenvalue weighted by Gasteiger charge is -2.17. The lowest BCUT2D eigenvalue weighted by Crippen LogP contribution is -2.37. The Hall–Kier alpha value is -1.84. The summed E-state index contributed by atoms with van der Waals surface area (Å²) in [6.07, 6.45) is 4.46. The molecule has 0 unspecified atom stereocenters. The quantitative estimate of drug-likeness (QED) is 0.371. The maximum Gasteiger partial charge on any atom is 0.397 e. The number of esters is 1. The second-order valence-electron chi connectivity index (χ2n) is 2.67. The molecule has 0 rings (SSSR count). The zero-order chi connectivity index (χ0) is 11.7. The molecule has 82 valence electrons. The minimum absolute atomic E-state index is 0.0284. The minimum atomic E-state index is -0.890. The number of nitrogens with zero attached hydrogens (tertiary/aromatic N) is 1. The Morgan fingerprint density at radius 1 is 1.07 bits per heavy atom. The lowest BCUT2D eigenvalue weighted by molar-refractivity contribution is -0.158. The molecule has 4 heteroatoms. The predicted octanol–water partition coefficient (Wildman–Crippen LogP) is 0.916. The first kappa shape index (κ1) is 13.2. The van der Waals surface area contributed by atoms with Crippen LogP contribution in [0.15, 0.2) is 38.0 Å². The lowest BCUT2D eigenvalue weighted by atomic mass is 10.4. The van der Waals surface area contributed by atoms with Gasteiger partial charge in [0.25, 0.3) is 0 Å². The van der Waals surface area contributed by atoms with E-state index in [1.54, 1.807) is 0 Å². The molecular weight excluding hydrogens is 194 g/mol. The third-order valence-corrected chi connectivity index (χ3v) is 1.49. The molecule has 0 saturated carbocycles. The van der Waals surface area contributed by atoms with Crippen LogP contribution in [0.3, 0.4) is 0 Å². The molecule has 0 bridgehead atoms. The van der Waals surface area contributed by atoms with Crippen molar-refractivity contribution >= 4 is 11.9 Å². The van der Waals surface area contributed by atoms with Gasteiger partial charge >= 0.3 is 11.9 Å². The van der Waals surface area contributed by atoms with Gasteiger partial charge in [0.15, 0.2) is 0 Å². The van der Waals surface area contributed by atoms with Crippen molar-refractivity contribution in [1.82, 2.24) is 4.90 Å². The molecule has 1 amide bonds. The van der Waals surface area contributed by atoms with Gasteiger partial charge in [0, 0.05) is 13.1 Å². The third-order valence-electron chi connectivity index (χ3n) is 1.49. The summed E-state index contributed by atoms with van der Waals surface area (Å²) in [5.74, 6) is -1.59. The Kier molecular flexibility index (Phi) is 6.63. The molecule has 0 aromatic carbocycles. The van der Waals surface area contributed by atoms with E-state index in [9.17, 15) is 9.59 Å². The van der Waals surface area contributed by atoms with E-state index < -0.39 is 11.9 Å². The zero-order valence-electron chi connectivity index (χ0n) is 8.65. The number of ether oxygens (including phenoxy) is 1. The average Bonchev–Trinajstić information content (AvgIpc) is 2.24. The van der Waals surface area contributed by atoms with Gasteiger partial charge in [-0.3, -0.25) is 4.79 Å². The first-order chi connectivity index (χ1) is 7.17. The Labute approximate surface area is 89.5 Å². The Morgan fingerprint density at radius 3 is 2.00 bits per heavy atom. The number of hydrogen-bond donors (Lipinski definition) is 0. The predicted molar refractivity (Wildman–Crippen MR) is 58.1 cm³/mol. The van der Waals surface area contributed by atoms with Gasteiger partial charge in [0.1, 0.15) is 6.61 Å². The van der Waals surface area contributed by atoms with Crippen LogP contribution in [-0.4, -0.2) is 36.5 Å². The van der Waals surface area contributed by atoms with Crippen molar-refractivity contribution < 1.29 is 14.3 Å². The molecule has 0 fully saturated rings. The summed E-state index contributed by atoms with van der Waals surface area (Å²) in [4.78, 5) is 23.9. The molecule has 0 radical (unpaired) electrons. The highest BCUT2D eigenvalue weighted by Gasteiger charge is 2.20. The smallest absolute Gasteiger partial charge is 0.397 e. The summed E-state index contributed by atoms with van der Waals surface area (Å²) < 4.78 is 4.61. The summed E-state index contributed by atoms with van der Waals surface area (Å²) in [7, 11) is 0. The van der Waals surface area contributed by atoms with Crippen LogP contribution < -0.4 is 0 Å². The molecule has 4 nitrogen and oxygen atoms in total. The molecule has 0 atom stereocenters. The maximum atomic E-state index is 11.5. The summed E-state index contributed by atoms with van der Waals surface area (Å²) in [5, 5.41) is 0. The topological polar surface area (TPSA) is 46.6 Å². The van der Waals surface area contributed by atoms with Crippen molar-refractivity contribution in [3.63, 3.8) is 0 Å². The second-order valence-corrected chi connectivity index (χ2v) is 2.67. The molecule has 0 spiro atoms. The van der Waals surface area contributed by atoms with Crippen LogP contribution in [0.4, 0.5) is 0 Å². The van der Waals surface area contributed by atoms with Crippen LogP contribution in [-0.2, 0) is 14.3 Å². The summed E-state index contributed by atoms with van der Waals surface area (Å²) in [5.41, 5.74) is 0. The van der Waals surface area contributed by atoms with Crippen LogP contribution in [0, 0.1) is 0 Å². The van der Waals surface area contributed by atoms with Gasteiger partial charge in [-0.15, -0.1) is 13.2 Å². The fourth-order valence-corrected chi connectivity index (χ4v) is 0.877. The van der Waals surface area contributed by atoms with Crippen molar-refractivity contribution in [2.24, 2.45) is 0 Å². The highest BCUT2D eigenvalue weighted by Crippen LogP contribution is 1.94. The van der Waals surface area contributed by atoms with Gasteiger partial charge < -0.3 is 9.64 Å². The second kappa shape index (κ2) is 7.55.